The highest BCUT2D eigenvalue weighted by Gasteiger charge is 2.18. The highest BCUT2D eigenvalue weighted by molar-refractivity contribution is 8.13. The first-order valence-corrected chi connectivity index (χ1v) is 5.49. The van der Waals surface area contributed by atoms with Crippen molar-refractivity contribution in [1.82, 2.24) is 4.90 Å². The first-order chi connectivity index (χ1) is 6.27. The van der Waals surface area contributed by atoms with Crippen LogP contribution in [-0.4, -0.2) is 48.5 Å². The molecule has 0 bridgehead atoms. The third-order valence-corrected chi connectivity index (χ3v) is 2.45. The third kappa shape index (κ3) is 2.91. The summed E-state index contributed by atoms with van der Waals surface area (Å²) in [7, 11) is 0. The van der Waals surface area contributed by atoms with Gasteiger partial charge in [0, 0.05) is 6.54 Å². The molecular weight excluding hydrogens is 188 g/mol. The molecular formula is C8H14N2O2S. The molecule has 0 N–H and O–H groups in total. The Morgan fingerprint density at radius 2 is 2.54 bits per heavy atom. The zero-order valence-corrected chi connectivity index (χ0v) is 8.76. The van der Waals surface area contributed by atoms with Gasteiger partial charge in [0.2, 0.25) is 0 Å². The van der Waals surface area contributed by atoms with Gasteiger partial charge >= 0.3 is 5.97 Å². The molecule has 0 amide bonds. The third-order valence-electron chi connectivity index (χ3n) is 1.70. The van der Waals surface area contributed by atoms with Crippen LogP contribution >= 0.6 is 11.8 Å². The van der Waals surface area contributed by atoms with E-state index in [1.165, 1.54) is 0 Å². The van der Waals surface area contributed by atoms with Crippen LogP contribution in [0.3, 0.4) is 0 Å². The van der Waals surface area contributed by atoms with Crippen molar-refractivity contribution in [2.45, 2.75) is 6.92 Å². The van der Waals surface area contributed by atoms with Crippen molar-refractivity contribution in [2.24, 2.45) is 4.99 Å². The molecule has 0 radical (unpaired) electrons. The molecule has 13 heavy (non-hydrogen) atoms. The van der Waals surface area contributed by atoms with Gasteiger partial charge in [-0.05, 0) is 13.2 Å². The summed E-state index contributed by atoms with van der Waals surface area (Å²) in [6.07, 6.45) is 1.96. The van der Waals surface area contributed by atoms with Crippen LogP contribution in [0.1, 0.15) is 6.92 Å². The van der Waals surface area contributed by atoms with Gasteiger partial charge in [-0.1, -0.05) is 11.8 Å². The van der Waals surface area contributed by atoms with E-state index in [0.29, 0.717) is 13.2 Å². The van der Waals surface area contributed by atoms with E-state index >= 15 is 0 Å². The van der Waals surface area contributed by atoms with Gasteiger partial charge in [0.05, 0.1) is 13.2 Å². The largest absolute Gasteiger partial charge is 0.465 e. The van der Waals surface area contributed by atoms with Crippen LogP contribution in [0.5, 0.6) is 0 Å². The highest BCUT2D eigenvalue weighted by atomic mass is 32.2. The average Bonchev–Trinajstić information content (AvgIpc) is 2.52. The van der Waals surface area contributed by atoms with Crippen molar-refractivity contribution in [3.8, 4) is 0 Å². The summed E-state index contributed by atoms with van der Waals surface area (Å²) in [4.78, 5) is 17.3. The number of esters is 1. The molecule has 1 aliphatic heterocycles. The quantitative estimate of drug-likeness (QED) is 0.628. The monoisotopic (exact) mass is 202 g/mol. The van der Waals surface area contributed by atoms with E-state index in [4.69, 9.17) is 4.74 Å². The summed E-state index contributed by atoms with van der Waals surface area (Å²) in [5, 5.41) is 0.938. The number of thioether (sulfide) groups is 1. The minimum Gasteiger partial charge on any atom is -0.465 e. The summed E-state index contributed by atoms with van der Waals surface area (Å²) < 4.78 is 4.85. The van der Waals surface area contributed by atoms with Crippen molar-refractivity contribution in [3.05, 3.63) is 0 Å². The predicted octanol–water partition coefficient (Wildman–Crippen LogP) is 0.584. The van der Waals surface area contributed by atoms with Crippen molar-refractivity contribution >= 4 is 22.9 Å². The first-order valence-electron chi connectivity index (χ1n) is 4.27. The van der Waals surface area contributed by atoms with Crippen LogP contribution in [0.2, 0.25) is 0 Å². The maximum absolute atomic E-state index is 11.1. The smallest absolute Gasteiger partial charge is 0.325 e. The zero-order valence-electron chi connectivity index (χ0n) is 7.95. The maximum atomic E-state index is 11.1. The SMILES string of the molecule is CCOC(=O)CN1CCN=C1SC. The van der Waals surface area contributed by atoms with Crippen LogP contribution in [0.4, 0.5) is 0 Å². The van der Waals surface area contributed by atoms with Gasteiger partial charge in [-0.25, -0.2) is 0 Å². The number of ether oxygens (including phenoxy) is 1. The molecule has 0 unspecified atom stereocenters. The van der Waals surface area contributed by atoms with Crippen molar-refractivity contribution in [2.75, 3.05) is 32.5 Å². The summed E-state index contributed by atoms with van der Waals surface area (Å²) in [6, 6.07) is 0. The normalized spacial score (nSPS) is 15.8. The molecule has 1 rings (SSSR count). The predicted molar refractivity (Wildman–Crippen MR) is 54.0 cm³/mol. The Hall–Kier alpha value is -0.710. The van der Waals surface area contributed by atoms with Gasteiger partial charge in [0.25, 0.3) is 0 Å². The van der Waals surface area contributed by atoms with Gasteiger partial charge in [0.1, 0.15) is 6.54 Å². The van der Waals surface area contributed by atoms with Gasteiger partial charge in [-0.2, -0.15) is 0 Å². The van der Waals surface area contributed by atoms with Gasteiger partial charge in [-0.3, -0.25) is 9.79 Å². The average molecular weight is 202 g/mol. The molecule has 1 heterocycles. The number of aliphatic imine (C=N–C) groups is 1. The topological polar surface area (TPSA) is 41.9 Å². The fourth-order valence-corrected chi connectivity index (χ4v) is 1.80. The second kappa shape index (κ2) is 5.11. The molecule has 0 fully saturated rings. The minimum atomic E-state index is -0.175. The molecule has 0 saturated carbocycles. The molecule has 0 saturated heterocycles. The molecule has 0 aromatic carbocycles. The Kier molecular flexibility index (Phi) is 4.08. The molecule has 74 valence electrons. The Morgan fingerprint density at radius 1 is 1.77 bits per heavy atom. The first kappa shape index (κ1) is 10.4. The standard InChI is InChI=1S/C8H14N2O2S/c1-3-12-7(11)6-10-5-4-9-8(10)13-2/h3-6H2,1-2H3. The molecule has 5 heteroatoms. The van der Waals surface area contributed by atoms with Gasteiger partial charge in [0.15, 0.2) is 5.17 Å². The Labute approximate surface area is 82.3 Å². The molecule has 4 nitrogen and oxygen atoms in total. The zero-order chi connectivity index (χ0) is 9.68. The molecule has 0 atom stereocenters. The summed E-state index contributed by atoms with van der Waals surface area (Å²) in [5.41, 5.74) is 0. The number of carbonyl (C=O) groups excluding carboxylic acids is 1. The van der Waals surface area contributed by atoms with Crippen LogP contribution in [-0.2, 0) is 9.53 Å². The van der Waals surface area contributed by atoms with Crippen LogP contribution in [0.25, 0.3) is 0 Å². The second-order valence-electron chi connectivity index (χ2n) is 2.59. The Bertz CT molecular complexity index is 218. The molecule has 0 spiro atoms. The summed E-state index contributed by atoms with van der Waals surface area (Å²) >= 11 is 1.57. The van der Waals surface area contributed by atoms with E-state index in [1.54, 1.807) is 11.8 Å². The number of rotatable bonds is 3. The van der Waals surface area contributed by atoms with Crippen molar-refractivity contribution < 1.29 is 9.53 Å². The van der Waals surface area contributed by atoms with Crippen molar-refractivity contribution in [1.29, 1.82) is 0 Å². The van der Waals surface area contributed by atoms with E-state index < -0.39 is 0 Å². The lowest BCUT2D eigenvalue weighted by Crippen LogP contribution is -2.32. The van der Waals surface area contributed by atoms with Crippen LogP contribution < -0.4 is 0 Å². The lowest BCUT2D eigenvalue weighted by molar-refractivity contribution is -0.143. The number of nitrogens with zero attached hydrogens (tertiary/aromatic N) is 2. The van der Waals surface area contributed by atoms with Crippen molar-refractivity contribution in [3.63, 3.8) is 0 Å². The van der Waals surface area contributed by atoms with Gasteiger partial charge < -0.3 is 9.64 Å². The van der Waals surface area contributed by atoms with Gasteiger partial charge in [-0.15, -0.1) is 0 Å². The fraction of sp³-hybridized carbons (Fsp3) is 0.750. The summed E-state index contributed by atoms with van der Waals surface area (Å²) in [5.74, 6) is -0.175. The lowest BCUT2D eigenvalue weighted by atomic mass is 10.5. The Balaban J connectivity index is 2.36. The number of hydrogen-bond acceptors (Lipinski definition) is 5. The van der Waals surface area contributed by atoms with E-state index in [9.17, 15) is 4.79 Å². The molecule has 1 aliphatic rings. The number of hydrogen-bond donors (Lipinski definition) is 0. The second-order valence-corrected chi connectivity index (χ2v) is 3.37. The number of amidine groups is 1. The number of carbonyl (C=O) groups is 1. The molecule has 0 aromatic rings. The summed E-state index contributed by atoms with van der Waals surface area (Å²) in [6.45, 7) is 4.20. The minimum absolute atomic E-state index is 0.175. The van der Waals surface area contributed by atoms with E-state index in [-0.39, 0.29) is 5.97 Å². The van der Waals surface area contributed by atoms with E-state index in [0.717, 1.165) is 18.3 Å². The van der Waals surface area contributed by atoms with Crippen LogP contribution in [0.15, 0.2) is 4.99 Å². The lowest BCUT2D eigenvalue weighted by Gasteiger charge is -2.16. The Morgan fingerprint density at radius 3 is 3.15 bits per heavy atom. The molecule has 0 aromatic heterocycles. The molecule has 0 aliphatic carbocycles. The maximum Gasteiger partial charge on any atom is 0.325 e. The van der Waals surface area contributed by atoms with E-state index in [2.05, 4.69) is 4.99 Å². The highest BCUT2D eigenvalue weighted by Crippen LogP contribution is 2.10. The van der Waals surface area contributed by atoms with Crippen LogP contribution in [0, 0.1) is 0 Å². The van der Waals surface area contributed by atoms with E-state index in [1.807, 2.05) is 18.1 Å². The fourth-order valence-electron chi connectivity index (χ4n) is 1.16.